The summed E-state index contributed by atoms with van der Waals surface area (Å²) in [6.45, 7) is 6.51. The fourth-order valence-electron chi connectivity index (χ4n) is 4.47. The van der Waals surface area contributed by atoms with E-state index in [9.17, 15) is 0 Å². The maximum absolute atomic E-state index is 4.91. The zero-order valence-corrected chi connectivity index (χ0v) is 19.2. The van der Waals surface area contributed by atoms with Crippen molar-refractivity contribution in [3.8, 4) is 11.4 Å². The lowest BCUT2D eigenvalue weighted by molar-refractivity contribution is 0.783. The summed E-state index contributed by atoms with van der Waals surface area (Å²) in [7, 11) is 0. The molecule has 1 unspecified atom stereocenters. The van der Waals surface area contributed by atoms with Gasteiger partial charge in [-0.3, -0.25) is 0 Å². The minimum Gasteiger partial charge on any atom is -0.364 e. The van der Waals surface area contributed by atoms with Crippen LogP contribution in [0.5, 0.6) is 0 Å². The van der Waals surface area contributed by atoms with Gasteiger partial charge < -0.3 is 14.8 Å². The number of pyridine rings is 1. The molecule has 0 aromatic carbocycles. The van der Waals surface area contributed by atoms with Crippen LogP contribution in [0, 0.1) is 6.92 Å². The standard InChI is InChI=1S/C23H23N9S/c1-3-32-21(15-10-25-14(2)26-11-15)30-19-20(27-13-28-23(19)32)29-16-5-8-31(12-16)22-17-6-9-33-18(17)4-7-24-22/h4,6-7,9-11,13,16H,3,5,8,12H2,1-2H3,(H,27,28,29). The quantitative estimate of drug-likeness (QED) is 0.424. The summed E-state index contributed by atoms with van der Waals surface area (Å²) in [4.78, 5) is 29.7. The molecule has 1 N–H and O–H groups in total. The molecule has 0 radical (unpaired) electrons. The van der Waals surface area contributed by atoms with E-state index in [0.29, 0.717) is 0 Å². The lowest BCUT2D eigenvalue weighted by atomic mass is 10.2. The molecule has 5 aromatic heterocycles. The Kier molecular flexibility index (Phi) is 4.87. The molecule has 6 heterocycles. The van der Waals surface area contributed by atoms with Crippen LogP contribution in [0.4, 0.5) is 11.6 Å². The molecule has 1 atom stereocenters. The fourth-order valence-corrected chi connectivity index (χ4v) is 5.24. The minimum atomic E-state index is 0.247. The molecule has 1 aliphatic heterocycles. The van der Waals surface area contributed by atoms with Crippen LogP contribution >= 0.6 is 11.3 Å². The van der Waals surface area contributed by atoms with Crippen molar-refractivity contribution in [3.63, 3.8) is 0 Å². The maximum Gasteiger partial charge on any atom is 0.165 e. The Morgan fingerprint density at radius 3 is 2.85 bits per heavy atom. The number of hydrogen-bond acceptors (Lipinski definition) is 9. The Morgan fingerprint density at radius 2 is 2.00 bits per heavy atom. The number of imidazole rings is 1. The van der Waals surface area contributed by atoms with Gasteiger partial charge in [0.25, 0.3) is 0 Å². The second-order valence-corrected chi connectivity index (χ2v) is 9.08. The van der Waals surface area contributed by atoms with E-state index in [1.54, 1.807) is 17.7 Å². The van der Waals surface area contributed by atoms with Crippen LogP contribution in [-0.2, 0) is 6.54 Å². The number of hydrogen-bond donors (Lipinski definition) is 1. The van der Waals surface area contributed by atoms with Gasteiger partial charge in [-0.2, -0.15) is 0 Å². The van der Waals surface area contributed by atoms with Gasteiger partial charge in [-0.25, -0.2) is 29.9 Å². The molecule has 33 heavy (non-hydrogen) atoms. The van der Waals surface area contributed by atoms with Crippen molar-refractivity contribution in [1.82, 2.24) is 34.5 Å². The number of fused-ring (bicyclic) bond motifs is 2. The van der Waals surface area contributed by atoms with Gasteiger partial charge in [0.2, 0.25) is 0 Å². The first-order valence-electron chi connectivity index (χ1n) is 11.0. The van der Waals surface area contributed by atoms with Crippen molar-refractivity contribution < 1.29 is 0 Å². The van der Waals surface area contributed by atoms with E-state index in [1.807, 2.05) is 25.5 Å². The molecule has 1 fully saturated rings. The first-order valence-corrected chi connectivity index (χ1v) is 11.9. The van der Waals surface area contributed by atoms with E-state index >= 15 is 0 Å². The molecule has 5 aromatic rings. The Bertz CT molecular complexity index is 1440. The number of aryl methyl sites for hydroxylation is 2. The Morgan fingerprint density at radius 1 is 1.12 bits per heavy atom. The summed E-state index contributed by atoms with van der Waals surface area (Å²) in [6.07, 6.45) is 8.12. The average molecular weight is 458 g/mol. The highest BCUT2D eigenvalue weighted by atomic mass is 32.1. The number of nitrogens with zero attached hydrogens (tertiary/aromatic N) is 8. The van der Waals surface area contributed by atoms with E-state index in [0.717, 1.165) is 66.1 Å². The van der Waals surface area contributed by atoms with Gasteiger partial charge in [0.1, 0.15) is 23.8 Å². The number of thiophene rings is 1. The summed E-state index contributed by atoms with van der Waals surface area (Å²) in [5, 5.41) is 6.97. The van der Waals surface area contributed by atoms with Crippen LogP contribution in [0.25, 0.3) is 32.6 Å². The lowest BCUT2D eigenvalue weighted by Gasteiger charge is -2.19. The number of rotatable bonds is 5. The molecule has 0 aliphatic carbocycles. The van der Waals surface area contributed by atoms with Crippen LogP contribution in [0.2, 0.25) is 0 Å². The van der Waals surface area contributed by atoms with Crippen molar-refractivity contribution in [2.75, 3.05) is 23.3 Å². The van der Waals surface area contributed by atoms with E-state index < -0.39 is 0 Å². The number of nitrogens with one attached hydrogen (secondary N) is 1. The Labute approximate surface area is 194 Å². The van der Waals surface area contributed by atoms with Crippen LogP contribution in [0.3, 0.4) is 0 Å². The summed E-state index contributed by atoms with van der Waals surface area (Å²) in [6, 6.07) is 4.48. The molecule has 166 valence electrons. The van der Waals surface area contributed by atoms with Crippen molar-refractivity contribution in [2.24, 2.45) is 0 Å². The van der Waals surface area contributed by atoms with Crippen LogP contribution in [-0.4, -0.2) is 53.6 Å². The number of aromatic nitrogens is 7. The highest BCUT2D eigenvalue weighted by Gasteiger charge is 2.26. The van der Waals surface area contributed by atoms with E-state index in [-0.39, 0.29) is 6.04 Å². The molecule has 0 amide bonds. The number of anilines is 2. The maximum atomic E-state index is 4.91. The van der Waals surface area contributed by atoms with Crippen molar-refractivity contribution in [1.29, 1.82) is 0 Å². The molecule has 6 rings (SSSR count). The smallest absolute Gasteiger partial charge is 0.165 e. The Balaban J connectivity index is 1.30. The molecule has 0 saturated carbocycles. The average Bonchev–Trinajstić information content (AvgIpc) is 3.58. The summed E-state index contributed by atoms with van der Waals surface area (Å²) >= 11 is 1.75. The Hall–Kier alpha value is -3.66. The lowest BCUT2D eigenvalue weighted by Crippen LogP contribution is -2.27. The molecule has 1 saturated heterocycles. The van der Waals surface area contributed by atoms with Gasteiger partial charge in [-0.1, -0.05) is 0 Å². The van der Waals surface area contributed by atoms with Gasteiger partial charge in [0, 0.05) is 54.4 Å². The molecular formula is C23H23N9S. The highest BCUT2D eigenvalue weighted by Crippen LogP contribution is 2.32. The zero-order valence-electron chi connectivity index (χ0n) is 18.4. The SMILES string of the molecule is CCn1c(-c2cnc(C)nc2)nc2c(NC3CCN(c4nccc5sccc45)C3)ncnc21. The van der Waals surface area contributed by atoms with E-state index in [4.69, 9.17) is 4.98 Å². The monoisotopic (exact) mass is 457 g/mol. The van der Waals surface area contributed by atoms with Gasteiger partial charge in [-0.05, 0) is 37.8 Å². The third kappa shape index (κ3) is 3.46. The third-order valence-electron chi connectivity index (χ3n) is 6.07. The molecular weight excluding hydrogens is 434 g/mol. The molecule has 0 bridgehead atoms. The van der Waals surface area contributed by atoms with Crippen molar-refractivity contribution >= 4 is 44.2 Å². The van der Waals surface area contributed by atoms with Gasteiger partial charge >= 0.3 is 0 Å². The molecule has 0 spiro atoms. The third-order valence-corrected chi connectivity index (χ3v) is 6.96. The van der Waals surface area contributed by atoms with Crippen molar-refractivity contribution in [2.45, 2.75) is 32.9 Å². The largest absolute Gasteiger partial charge is 0.364 e. The second kappa shape index (κ2) is 8.04. The molecule has 10 heteroatoms. The molecule has 9 nitrogen and oxygen atoms in total. The summed E-state index contributed by atoms with van der Waals surface area (Å²) < 4.78 is 3.35. The predicted octanol–water partition coefficient (Wildman–Crippen LogP) is 3.91. The van der Waals surface area contributed by atoms with Crippen molar-refractivity contribution in [3.05, 3.63) is 48.3 Å². The van der Waals surface area contributed by atoms with Gasteiger partial charge in [-0.15, -0.1) is 11.3 Å². The molecule has 1 aliphatic rings. The topological polar surface area (TPSA) is 97.5 Å². The van der Waals surface area contributed by atoms with Crippen LogP contribution < -0.4 is 10.2 Å². The zero-order chi connectivity index (χ0) is 22.4. The predicted molar refractivity (Wildman–Crippen MR) is 131 cm³/mol. The summed E-state index contributed by atoms with van der Waals surface area (Å²) in [5.41, 5.74) is 2.45. The minimum absolute atomic E-state index is 0.247. The second-order valence-electron chi connectivity index (χ2n) is 8.14. The van der Waals surface area contributed by atoms with Gasteiger partial charge in [0.05, 0.1) is 5.56 Å². The normalized spacial score (nSPS) is 16.2. The van der Waals surface area contributed by atoms with Crippen LogP contribution in [0.1, 0.15) is 19.2 Å². The first-order chi connectivity index (χ1) is 16.2. The highest BCUT2D eigenvalue weighted by molar-refractivity contribution is 7.17. The van der Waals surface area contributed by atoms with Gasteiger partial charge in [0.15, 0.2) is 17.0 Å². The summed E-state index contributed by atoms with van der Waals surface area (Å²) in [5.74, 6) is 3.36. The first kappa shape index (κ1) is 20.0. The van der Waals surface area contributed by atoms with E-state index in [2.05, 4.69) is 64.1 Å². The van der Waals surface area contributed by atoms with Crippen LogP contribution in [0.15, 0.2) is 42.4 Å². The fraction of sp³-hybridized carbons (Fsp3) is 0.304. The van der Waals surface area contributed by atoms with E-state index in [1.165, 1.54) is 10.1 Å².